The summed E-state index contributed by atoms with van der Waals surface area (Å²) in [6, 6.07) is 7.47. The molecule has 2 aromatic rings. The number of aromatic nitrogens is 1. The summed E-state index contributed by atoms with van der Waals surface area (Å²) in [5.74, 6) is -0.222. The van der Waals surface area contributed by atoms with Gasteiger partial charge in [0, 0.05) is 24.5 Å². The average molecular weight is 291 g/mol. The second-order valence-electron chi connectivity index (χ2n) is 5.17. The maximum atomic E-state index is 13.8. The van der Waals surface area contributed by atoms with E-state index in [1.807, 2.05) is 24.9 Å². The van der Waals surface area contributed by atoms with Gasteiger partial charge >= 0.3 is 0 Å². The summed E-state index contributed by atoms with van der Waals surface area (Å²) in [4.78, 5) is 7.61. The standard InChI is InChI=1S/C15H18FN3S/c1-10-14(9-17-11-7-8-11)20-15(18-10)19(2)13-6-4-3-5-12(13)16/h3-6,11,17H,7-9H2,1-2H3. The highest BCUT2D eigenvalue weighted by atomic mass is 32.1. The van der Waals surface area contributed by atoms with E-state index in [4.69, 9.17) is 0 Å². The lowest BCUT2D eigenvalue weighted by Crippen LogP contribution is -2.14. The molecular weight excluding hydrogens is 273 g/mol. The van der Waals surface area contributed by atoms with Crippen LogP contribution in [0.3, 0.4) is 0 Å². The van der Waals surface area contributed by atoms with Crippen molar-refractivity contribution < 1.29 is 4.39 Å². The van der Waals surface area contributed by atoms with Crippen molar-refractivity contribution in [2.75, 3.05) is 11.9 Å². The summed E-state index contributed by atoms with van der Waals surface area (Å²) in [5.41, 5.74) is 1.59. The molecule has 0 unspecified atom stereocenters. The van der Waals surface area contributed by atoms with Gasteiger partial charge in [-0.2, -0.15) is 0 Å². The first-order valence-corrected chi connectivity index (χ1v) is 7.64. The van der Waals surface area contributed by atoms with Gasteiger partial charge in [-0.1, -0.05) is 23.5 Å². The number of hydrogen-bond acceptors (Lipinski definition) is 4. The van der Waals surface area contributed by atoms with Gasteiger partial charge in [-0.25, -0.2) is 9.37 Å². The van der Waals surface area contributed by atoms with Gasteiger partial charge in [-0.05, 0) is 31.9 Å². The van der Waals surface area contributed by atoms with Crippen LogP contribution in [0.25, 0.3) is 0 Å². The Morgan fingerprint density at radius 2 is 2.15 bits per heavy atom. The zero-order valence-electron chi connectivity index (χ0n) is 11.7. The molecule has 1 heterocycles. The third kappa shape index (κ3) is 2.83. The molecular formula is C15H18FN3S. The van der Waals surface area contributed by atoms with Crippen LogP contribution in [0, 0.1) is 12.7 Å². The molecule has 0 aliphatic heterocycles. The van der Waals surface area contributed by atoms with Crippen LogP contribution >= 0.6 is 11.3 Å². The van der Waals surface area contributed by atoms with Crippen LogP contribution in [0.4, 0.5) is 15.2 Å². The van der Waals surface area contributed by atoms with Crippen LogP contribution in [0.2, 0.25) is 0 Å². The maximum Gasteiger partial charge on any atom is 0.190 e. The molecule has 1 aromatic heterocycles. The second-order valence-corrected chi connectivity index (χ2v) is 6.23. The molecule has 1 aliphatic rings. The van der Waals surface area contributed by atoms with Gasteiger partial charge in [-0.3, -0.25) is 0 Å². The van der Waals surface area contributed by atoms with Gasteiger partial charge in [0.15, 0.2) is 5.13 Å². The topological polar surface area (TPSA) is 28.2 Å². The largest absolute Gasteiger partial charge is 0.318 e. The smallest absolute Gasteiger partial charge is 0.190 e. The minimum atomic E-state index is -0.222. The van der Waals surface area contributed by atoms with E-state index in [0.29, 0.717) is 11.7 Å². The van der Waals surface area contributed by atoms with E-state index in [0.717, 1.165) is 17.4 Å². The van der Waals surface area contributed by atoms with Crippen molar-refractivity contribution in [3.05, 3.63) is 40.7 Å². The van der Waals surface area contributed by atoms with Crippen molar-refractivity contribution in [3.8, 4) is 0 Å². The number of para-hydroxylation sites is 1. The normalized spacial score (nSPS) is 14.6. The van der Waals surface area contributed by atoms with Crippen molar-refractivity contribution in [2.24, 2.45) is 0 Å². The fourth-order valence-corrected chi connectivity index (χ4v) is 3.06. The van der Waals surface area contributed by atoms with Gasteiger partial charge in [0.25, 0.3) is 0 Å². The molecule has 0 saturated heterocycles. The molecule has 0 amide bonds. The molecule has 0 bridgehead atoms. The molecule has 1 fully saturated rings. The van der Waals surface area contributed by atoms with Gasteiger partial charge in [-0.15, -0.1) is 0 Å². The highest BCUT2D eigenvalue weighted by Gasteiger charge is 2.21. The van der Waals surface area contributed by atoms with Crippen molar-refractivity contribution >= 4 is 22.2 Å². The van der Waals surface area contributed by atoms with Crippen LogP contribution in [-0.2, 0) is 6.54 Å². The van der Waals surface area contributed by atoms with Crippen LogP contribution in [0.1, 0.15) is 23.4 Å². The number of nitrogens with one attached hydrogen (secondary N) is 1. The van der Waals surface area contributed by atoms with Crippen LogP contribution in [-0.4, -0.2) is 18.1 Å². The number of nitrogens with zero attached hydrogens (tertiary/aromatic N) is 2. The third-order valence-electron chi connectivity index (χ3n) is 3.51. The van der Waals surface area contributed by atoms with E-state index in [1.165, 1.54) is 23.8 Å². The summed E-state index contributed by atoms with van der Waals surface area (Å²) in [7, 11) is 1.86. The Balaban J connectivity index is 1.79. The zero-order chi connectivity index (χ0) is 14.1. The van der Waals surface area contributed by atoms with Gasteiger partial charge in [0.1, 0.15) is 5.82 Å². The second kappa shape index (κ2) is 5.50. The Labute approximate surface area is 122 Å². The maximum absolute atomic E-state index is 13.8. The van der Waals surface area contributed by atoms with Gasteiger partial charge in [0.2, 0.25) is 0 Å². The number of halogens is 1. The molecule has 5 heteroatoms. The molecule has 106 valence electrons. The Morgan fingerprint density at radius 3 is 2.85 bits per heavy atom. The minimum absolute atomic E-state index is 0.222. The number of anilines is 2. The Morgan fingerprint density at radius 1 is 1.40 bits per heavy atom. The zero-order valence-corrected chi connectivity index (χ0v) is 12.5. The van der Waals surface area contributed by atoms with Crippen molar-refractivity contribution in [2.45, 2.75) is 32.4 Å². The predicted octanol–water partition coefficient (Wildman–Crippen LogP) is 3.61. The Hall–Kier alpha value is -1.46. The number of rotatable bonds is 5. The Bertz CT molecular complexity index is 607. The number of hydrogen-bond donors (Lipinski definition) is 1. The summed E-state index contributed by atoms with van der Waals surface area (Å²) in [6.45, 7) is 2.87. The average Bonchev–Trinajstić information content (AvgIpc) is 3.19. The quantitative estimate of drug-likeness (QED) is 0.912. The molecule has 3 rings (SSSR count). The molecule has 1 N–H and O–H groups in total. The Kier molecular flexibility index (Phi) is 3.72. The van der Waals surface area contributed by atoms with E-state index in [2.05, 4.69) is 10.3 Å². The summed E-state index contributed by atoms with van der Waals surface area (Å²) < 4.78 is 13.8. The first-order valence-electron chi connectivity index (χ1n) is 6.83. The van der Waals surface area contributed by atoms with Crippen molar-refractivity contribution in [3.63, 3.8) is 0 Å². The summed E-state index contributed by atoms with van der Waals surface area (Å²) in [6.07, 6.45) is 2.56. The molecule has 0 atom stereocenters. The first-order chi connectivity index (χ1) is 9.65. The monoisotopic (exact) mass is 291 g/mol. The summed E-state index contributed by atoms with van der Waals surface area (Å²) in [5, 5.41) is 4.33. The lowest BCUT2D eigenvalue weighted by atomic mass is 10.3. The first kappa shape index (κ1) is 13.5. The molecule has 1 aliphatic carbocycles. The number of aryl methyl sites for hydroxylation is 1. The van der Waals surface area contributed by atoms with Crippen molar-refractivity contribution in [1.82, 2.24) is 10.3 Å². The summed E-state index contributed by atoms with van der Waals surface area (Å²) >= 11 is 1.63. The molecule has 1 aromatic carbocycles. The SMILES string of the molecule is Cc1nc(N(C)c2ccccc2F)sc1CNC1CC1. The van der Waals surface area contributed by atoms with E-state index in [9.17, 15) is 4.39 Å². The lowest BCUT2D eigenvalue weighted by Gasteiger charge is -2.16. The third-order valence-corrected chi connectivity index (χ3v) is 4.74. The van der Waals surface area contributed by atoms with Gasteiger partial charge < -0.3 is 10.2 Å². The van der Waals surface area contributed by atoms with Crippen LogP contribution in [0.5, 0.6) is 0 Å². The van der Waals surface area contributed by atoms with E-state index in [1.54, 1.807) is 23.5 Å². The molecule has 20 heavy (non-hydrogen) atoms. The fourth-order valence-electron chi connectivity index (χ4n) is 2.07. The minimum Gasteiger partial charge on any atom is -0.318 e. The van der Waals surface area contributed by atoms with E-state index >= 15 is 0 Å². The van der Waals surface area contributed by atoms with E-state index in [-0.39, 0.29) is 5.82 Å². The number of benzene rings is 1. The van der Waals surface area contributed by atoms with Crippen LogP contribution < -0.4 is 10.2 Å². The highest BCUT2D eigenvalue weighted by Crippen LogP contribution is 2.32. The molecule has 0 spiro atoms. The van der Waals surface area contributed by atoms with Crippen molar-refractivity contribution in [1.29, 1.82) is 0 Å². The highest BCUT2D eigenvalue weighted by molar-refractivity contribution is 7.15. The molecule has 3 nitrogen and oxygen atoms in total. The molecule has 0 radical (unpaired) electrons. The fraction of sp³-hybridized carbons (Fsp3) is 0.400. The number of thiazole rings is 1. The lowest BCUT2D eigenvalue weighted by molar-refractivity contribution is 0.627. The van der Waals surface area contributed by atoms with E-state index < -0.39 is 0 Å². The molecule has 1 saturated carbocycles. The van der Waals surface area contributed by atoms with Crippen LogP contribution in [0.15, 0.2) is 24.3 Å². The predicted molar refractivity (Wildman–Crippen MR) is 81.2 cm³/mol. The van der Waals surface area contributed by atoms with Gasteiger partial charge in [0.05, 0.1) is 11.4 Å².